The number of amides is 1. The second-order valence-corrected chi connectivity index (χ2v) is 8.69. The Balaban J connectivity index is 1.57. The number of anilines is 1. The molecule has 1 aromatic heterocycles. The number of oxazole rings is 1. The first-order chi connectivity index (χ1) is 14.9. The van der Waals surface area contributed by atoms with Crippen LogP contribution in [-0.4, -0.2) is 18.0 Å². The third-order valence-corrected chi connectivity index (χ3v) is 5.80. The van der Waals surface area contributed by atoms with Crippen LogP contribution < -0.4 is 10.1 Å². The van der Waals surface area contributed by atoms with Gasteiger partial charge < -0.3 is 14.5 Å². The molecule has 0 aliphatic rings. The second kappa shape index (κ2) is 9.26. The lowest BCUT2D eigenvalue weighted by molar-refractivity contribution is -0.111. The number of carbonyl (C=O) groups excluding carboxylic acids is 1. The molecule has 0 aliphatic heterocycles. The summed E-state index contributed by atoms with van der Waals surface area (Å²) in [5, 5.41) is 3.21. The minimum Gasteiger partial charge on any atom is -0.495 e. The molecule has 0 bridgehead atoms. The van der Waals surface area contributed by atoms with Crippen molar-refractivity contribution in [1.82, 2.24) is 4.98 Å². The van der Waals surface area contributed by atoms with Crippen LogP contribution in [0, 0.1) is 0 Å². The van der Waals surface area contributed by atoms with Crippen molar-refractivity contribution in [3.8, 4) is 17.2 Å². The van der Waals surface area contributed by atoms with Gasteiger partial charge in [-0.05, 0) is 64.5 Å². The van der Waals surface area contributed by atoms with E-state index < -0.39 is 0 Å². The highest BCUT2D eigenvalue weighted by Gasteiger charge is 2.12. The van der Waals surface area contributed by atoms with Crippen LogP contribution in [0.4, 0.5) is 5.69 Å². The molecule has 0 radical (unpaired) electrons. The van der Waals surface area contributed by atoms with Gasteiger partial charge in [0.1, 0.15) is 11.3 Å². The number of hydrogen-bond acceptors (Lipinski definition) is 4. The lowest BCUT2D eigenvalue weighted by Gasteiger charge is -2.09. The lowest BCUT2D eigenvalue weighted by Crippen LogP contribution is -2.08. The number of rotatable bonds is 5. The average Bonchev–Trinajstić information content (AvgIpc) is 3.18. The standard InChI is InChI=1S/C23H15Br2ClN2O3/c1-30-22-13(10-15(24)12-16(22)25)7-9-21(29)27-19-11-14(6-8-17(19)26)23-28-18-4-2-3-5-20(18)31-23/h2-12H,1H3,(H,27,29)/b9-7+. The smallest absolute Gasteiger partial charge is 0.248 e. The molecule has 0 saturated heterocycles. The number of fused-ring (bicyclic) bond motifs is 1. The van der Waals surface area contributed by atoms with Gasteiger partial charge in [-0.2, -0.15) is 0 Å². The molecule has 31 heavy (non-hydrogen) atoms. The first-order valence-corrected chi connectivity index (χ1v) is 11.1. The average molecular weight is 563 g/mol. The highest BCUT2D eigenvalue weighted by molar-refractivity contribution is 9.11. The summed E-state index contributed by atoms with van der Waals surface area (Å²) in [5.74, 6) is 0.741. The van der Waals surface area contributed by atoms with Crippen LogP contribution in [0.1, 0.15) is 5.56 Å². The molecule has 4 aromatic rings. The van der Waals surface area contributed by atoms with Crippen molar-refractivity contribution in [2.75, 3.05) is 12.4 Å². The van der Waals surface area contributed by atoms with Crippen LogP contribution in [0.15, 0.2) is 74.0 Å². The zero-order valence-electron chi connectivity index (χ0n) is 16.2. The molecule has 5 nitrogen and oxygen atoms in total. The van der Waals surface area contributed by atoms with Gasteiger partial charge in [0, 0.05) is 21.7 Å². The summed E-state index contributed by atoms with van der Waals surface area (Å²) < 4.78 is 12.8. The van der Waals surface area contributed by atoms with Gasteiger partial charge >= 0.3 is 0 Å². The van der Waals surface area contributed by atoms with Crippen molar-refractivity contribution in [2.24, 2.45) is 0 Å². The molecule has 0 saturated carbocycles. The predicted octanol–water partition coefficient (Wildman–Crippen LogP) is 7.33. The van der Waals surface area contributed by atoms with E-state index in [2.05, 4.69) is 42.2 Å². The van der Waals surface area contributed by atoms with Gasteiger partial charge in [0.05, 0.1) is 22.3 Å². The lowest BCUT2D eigenvalue weighted by atomic mass is 10.1. The Bertz CT molecular complexity index is 1280. The van der Waals surface area contributed by atoms with Gasteiger partial charge in [0.15, 0.2) is 5.58 Å². The van der Waals surface area contributed by atoms with Crippen LogP contribution in [0.5, 0.6) is 5.75 Å². The molecule has 0 atom stereocenters. The monoisotopic (exact) mass is 560 g/mol. The van der Waals surface area contributed by atoms with Crippen LogP contribution in [0.3, 0.4) is 0 Å². The van der Waals surface area contributed by atoms with E-state index in [1.54, 1.807) is 31.4 Å². The summed E-state index contributed by atoms with van der Waals surface area (Å²) >= 11 is 13.2. The molecule has 1 heterocycles. The first kappa shape index (κ1) is 21.6. The van der Waals surface area contributed by atoms with Crippen LogP contribution in [0.2, 0.25) is 5.02 Å². The Morgan fingerprint density at radius 2 is 1.97 bits per heavy atom. The number of benzene rings is 3. The first-order valence-electron chi connectivity index (χ1n) is 9.12. The minimum atomic E-state index is -0.338. The van der Waals surface area contributed by atoms with Gasteiger partial charge in [-0.1, -0.05) is 39.7 Å². The Morgan fingerprint density at radius 3 is 2.74 bits per heavy atom. The number of nitrogens with one attached hydrogen (secondary N) is 1. The molecule has 8 heteroatoms. The largest absolute Gasteiger partial charge is 0.495 e. The van der Waals surface area contributed by atoms with E-state index >= 15 is 0 Å². The third-order valence-electron chi connectivity index (χ3n) is 4.42. The SMILES string of the molecule is COc1c(Br)cc(Br)cc1/C=C/C(=O)Nc1cc(-c2nc3ccccc3o2)ccc1Cl. The fourth-order valence-corrected chi connectivity index (χ4v) is 4.59. The number of nitrogens with zero attached hydrogens (tertiary/aromatic N) is 1. The fraction of sp³-hybridized carbons (Fsp3) is 0.0435. The van der Waals surface area contributed by atoms with Gasteiger partial charge in [-0.25, -0.2) is 4.98 Å². The highest BCUT2D eigenvalue weighted by atomic mass is 79.9. The number of ether oxygens (including phenoxy) is 1. The summed E-state index contributed by atoms with van der Waals surface area (Å²) in [4.78, 5) is 17.0. The Hall–Kier alpha value is -2.61. The summed E-state index contributed by atoms with van der Waals surface area (Å²) in [6.07, 6.45) is 3.08. The van der Waals surface area contributed by atoms with Gasteiger partial charge in [-0.3, -0.25) is 4.79 Å². The van der Waals surface area contributed by atoms with E-state index in [1.165, 1.54) is 6.08 Å². The Morgan fingerprint density at radius 1 is 1.16 bits per heavy atom. The third kappa shape index (κ3) is 4.84. The maximum atomic E-state index is 12.5. The fourth-order valence-electron chi connectivity index (χ4n) is 3.01. The predicted molar refractivity (Wildman–Crippen MR) is 131 cm³/mol. The van der Waals surface area contributed by atoms with Crippen molar-refractivity contribution in [1.29, 1.82) is 0 Å². The number of carbonyl (C=O) groups is 1. The summed E-state index contributed by atoms with van der Waals surface area (Å²) in [5.41, 5.74) is 3.35. The number of methoxy groups -OCH3 is 1. The van der Waals surface area contributed by atoms with Gasteiger partial charge in [0.25, 0.3) is 0 Å². The zero-order valence-corrected chi connectivity index (χ0v) is 20.1. The van der Waals surface area contributed by atoms with Crippen LogP contribution >= 0.6 is 43.5 Å². The van der Waals surface area contributed by atoms with E-state index in [1.807, 2.05) is 36.4 Å². The van der Waals surface area contributed by atoms with E-state index in [0.29, 0.717) is 33.5 Å². The van der Waals surface area contributed by atoms with Crippen LogP contribution in [-0.2, 0) is 4.79 Å². The van der Waals surface area contributed by atoms with Crippen molar-refractivity contribution in [3.63, 3.8) is 0 Å². The zero-order chi connectivity index (χ0) is 22.0. The highest BCUT2D eigenvalue weighted by Crippen LogP contribution is 2.34. The number of halogens is 3. The molecule has 1 amide bonds. The normalized spacial score (nSPS) is 11.2. The van der Waals surface area contributed by atoms with Crippen LogP contribution in [0.25, 0.3) is 28.6 Å². The molecular weight excluding hydrogens is 548 g/mol. The number of aromatic nitrogens is 1. The quantitative estimate of drug-likeness (QED) is 0.259. The maximum absolute atomic E-state index is 12.5. The maximum Gasteiger partial charge on any atom is 0.248 e. The summed E-state index contributed by atoms with van der Waals surface area (Å²) in [6.45, 7) is 0. The molecule has 4 rings (SSSR count). The van der Waals surface area contributed by atoms with E-state index in [9.17, 15) is 4.79 Å². The minimum absolute atomic E-state index is 0.338. The van der Waals surface area contributed by atoms with Crippen molar-refractivity contribution < 1.29 is 13.9 Å². The molecule has 0 spiro atoms. The van der Waals surface area contributed by atoms with E-state index in [4.69, 9.17) is 20.8 Å². The van der Waals surface area contributed by atoms with Crippen molar-refractivity contribution in [2.45, 2.75) is 0 Å². The molecule has 1 N–H and O–H groups in total. The Labute approximate surface area is 200 Å². The van der Waals surface area contributed by atoms with Crippen molar-refractivity contribution >= 4 is 72.2 Å². The molecule has 0 unspecified atom stereocenters. The summed E-state index contributed by atoms with van der Waals surface area (Å²) in [7, 11) is 1.57. The summed E-state index contributed by atoms with van der Waals surface area (Å²) in [6, 6.07) is 16.5. The van der Waals surface area contributed by atoms with E-state index in [-0.39, 0.29) is 5.91 Å². The Kier molecular flexibility index (Phi) is 6.46. The number of hydrogen-bond donors (Lipinski definition) is 1. The molecule has 156 valence electrons. The molecule has 3 aromatic carbocycles. The van der Waals surface area contributed by atoms with Gasteiger partial charge in [0.2, 0.25) is 11.8 Å². The second-order valence-electron chi connectivity index (χ2n) is 6.51. The van der Waals surface area contributed by atoms with Gasteiger partial charge in [-0.15, -0.1) is 0 Å². The molecular formula is C23H15Br2ClN2O3. The molecule has 0 fully saturated rings. The topological polar surface area (TPSA) is 64.4 Å². The number of para-hydroxylation sites is 2. The van der Waals surface area contributed by atoms with E-state index in [0.717, 1.165) is 20.0 Å². The van der Waals surface area contributed by atoms with Crippen molar-refractivity contribution in [3.05, 3.63) is 80.2 Å². The molecule has 0 aliphatic carbocycles.